The lowest BCUT2D eigenvalue weighted by atomic mass is 10.1. The summed E-state index contributed by atoms with van der Waals surface area (Å²) in [6.45, 7) is 1.73. The summed E-state index contributed by atoms with van der Waals surface area (Å²) >= 11 is 0. The summed E-state index contributed by atoms with van der Waals surface area (Å²) in [6, 6.07) is 3.23. The van der Waals surface area contributed by atoms with Crippen molar-refractivity contribution in [2.45, 2.75) is 13.3 Å². The van der Waals surface area contributed by atoms with Crippen molar-refractivity contribution in [2.24, 2.45) is 0 Å². The maximum absolute atomic E-state index is 13.1. The Morgan fingerprint density at radius 3 is 2.62 bits per heavy atom. The minimum atomic E-state index is -1.24. The highest BCUT2D eigenvalue weighted by Crippen LogP contribution is 2.13. The van der Waals surface area contributed by atoms with E-state index in [0.717, 1.165) is 12.1 Å². The highest BCUT2D eigenvalue weighted by Gasteiger charge is 2.18. The van der Waals surface area contributed by atoms with Gasteiger partial charge in [0.1, 0.15) is 6.42 Å². The van der Waals surface area contributed by atoms with Crippen LogP contribution in [0.4, 0.5) is 8.78 Å². The van der Waals surface area contributed by atoms with Crippen LogP contribution >= 0.6 is 0 Å². The van der Waals surface area contributed by atoms with Crippen molar-refractivity contribution >= 4 is 11.8 Å². The van der Waals surface area contributed by atoms with E-state index in [-0.39, 0.29) is 6.61 Å². The van der Waals surface area contributed by atoms with Crippen molar-refractivity contribution in [1.82, 2.24) is 0 Å². The zero-order chi connectivity index (χ0) is 12.1. The maximum Gasteiger partial charge on any atom is 0.313 e. The first-order valence-corrected chi connectivity index (χ1v) is 4.69. The molecule has 86 valence electrons. The van der Waals surface area contributed by atoms with Gasteiger partial charge in [-0.15, -0.1) is 0 Å². The number of ether oxygens (including phenoxy) is 1. The SMILES string of the molecule is CCOC(=O)CC(=O)c1cccc(F)c1F. The number of hydrogen-bond donors (Lipinski definition) is 0. The average Bonchev–Trinajstić information content (AvgIpc) is 2.22. The number of carbonyl (C=O) groups is 2. The first-order chi connectivity index (χ1) is 7.56. The van der Waals surface area contributed by atoms with Crippen LogP contribution in [-0.4, -0.2) is 18.4 Å². The number of benzene rings is 1. The van der Waals surface area contributed by atoms with Crippen molar-refractivity contribution in [3.05, 3.63) is 35.4 Å². The molecule has 1 aromatic carbocycles. The van der Waals surface area contributed by atoms with Crippen molar-refractivity contribution in [3.63, 3.8) is 0 Å². The van der Waals surface area contributed by atoms with Crippen molar-refractivity contribution in [3.8, 4) is 0 Å². The smallest absolute Gasteiger partial charge is 0.313 e. The Hall–Kier alpha value is -1.78. The average molecular weight is 228 g/mol. The lowest BCUT2D eigenvalue weighted by Gasteiger charge is -2.03. The normalized spacial score (nSPS) is 9.94. The van der Waals surface area contributed by atoms with Crippen LogP contribution in [0.1, 0.15) is 23.7 Å². The quantitative estimate of drug-likeness (QED) is 0.450. The molecule has 0 saturated heterocycles. The summed E-state index contributed by atoms with van der Waals surface area (Å²) in [5.74, 6) is -3.90. The van der Waals surface area contributed by atoms with Crippen LogP contribution in [0.25, 0.3) is 0 Å². The van der Waals surface area contributed by atoms with Gasteiger partial charge in [0, 0.05) is 0 Å². The van der Waals surface area contributed by atoms with E-state index < -0.39 is 35.4 Å². The fraction of sp³-hybridized carbons (Fsp3) is 0.273. The Bertz CT molecular complexity index is 416. The standard InChI is InChI=1S/C11H10F2O3/c1-2-16-10(15)6-9(14)7-4-3-5-8(12)11(7)13/h3-5H,2,6H2,1H3. The van der Waals surface area contributed by atoms with Gasteiger partial charge < -0.3 is 4.74 Å². The molecule has 3 nitrogen and oxygen atoms in total. The van der Waals surface area contributed by atoms with Gasteiger partial charge in [-0.2, -0.15) is 0 Å². The van der Waals surface area contributed by atoms with Crippen molar-refractivity contribution in [1.29, 1.82) is 0 Å². The molecule has 16 heavy (non-hydrogen) atoms. The van der Waals surface area contributed by atoms with Gasteiger partial charge in [-0.05, 0) is 19.1 Å². The van der Waals surface area contributed by atoms with Crippen molar-refractivity contribution in [2.75, 3.05) is 6.61 Å². The van der Waals surface area contributed by atoms with Gasteiger partial charge in [-0.1, -0.05) is 6.07 Å². The van der Waals surface area contributed by atoms with Gasteiger partial charge in [0.2, 0.25) is 0 Å². The van der Waals surface area contributed by atoms with Crippen molar-refractivity contribution < 1.29 is 23.1 Å². The second-order valence-corrected chi connectivity index (χ2v) is 3.01. The third kappa shape index (κ3) is 2.85. The predicted octanol–water partition coefficient (Wildman–Crippen LogP) is 2.10. The third-order valence-corrected chi connectivity index (χ3v) is 1.86. The molecular weight excluding hydrogens is 218 g/mol. The summed E-state index contributed by atoms with van der Waals surface area (Å²) < 4.78 is 30.5. The Kier molecular flexibility index (Phi) is 4.10. The zero-order valence-corrected chi connectivity index (χ0v) is 8.63. The molecule has 0 unspecified atom stereocenters. The molecule has 0 spiro atoms. The third-order valence-electron chi connectivity index (χ3n) is 1.86. The summed E-state index contributed by atoms with van der Waals surface area (Å²) in [5.41, 5.74) is -0.437. The van der Waals surface area contributed by atoms with Gasteiger partial charge in [-0.3, -0.25) is 9.59 Å². The van der Waals surface area contributed by atoms with E-state index in [2.05, 4.69) is 4.74 Å². The Balaban J connectivity index is 2.81. The van der Waals surface area contributed by atoms with Gasteiger partial charge in [0.25, 0.3) is 0 Å². The zero-order valence-electron chi connectivity index (χ0n) is 8.63. The van der Waals surface area contributed by atoms with Crippen LogP contribution in [0.2, 0.25) is 0 Å². The van der Waals surface area contributed by atoms with Gasteiger partial charge >= 0.3 is 5.97 Å². The minimum absolute atomic E-state index is 0.137. The summed E-state index contributed by atoms with van der Waals surface area (Å²) in [6.07, 6.45) is -0.589. The Morgan fingerprint density at radius 1 is 1.31 bits per heavy atom. The van der Waals surface area contributed by atoms with Gasteiger partial charge in [-0.25, -0.2) is 8.78 Å². The predicted molar refractivity (Wildman–Crippen MR) is 51.9 cm³/mol. The van der Waals surface area contributed by atoms with Crippen LogP contribution in [0, 0.1) is 11.6 Å². The lowest BCUT2D eigenvalue weighted by Crippen LogP contribution is -2.13. The highest BCUT2D eigenvalue weighted by atomic mass is 19.2. The molecule has 0 aliphatic heterocycles. The topological polar surface area (TPSA) is 43.4 Å². The van der Waals surface area contributed by atoms with Crippen LogP contribution < -0.4 is 0 Å². The molecule has 5 heteroatoms. The Labute approximate surface area is 91.0 Å². The number of rotatable bonds is 4. The van der Waals surface area contributed by atoms with E-state index in [1.54, 1.807) is 6.92 Å². The van der Waals surface area contributed by atoms with E-state index in [1.165, 1.54) is 6.07 Å². The summed E-state index contributed by atoms with van der Waals surface area (Å²) in [7, 11) is 0. The monoisotopic (exact) mass is 228 g/mol. The summed E-state index contributed by atoms with van der Waals surface area (Å²) in [4.78, 5) is 22.4. The molecule has 0 aliphatic rings. The first kappa shape index (κ1) is 12.3. The molecule has 0 atom stereocenters. The molecule has 0 heterocycles. The largest absolute Gasteiger partial charge is 0.466 e. The molecule has 0 bridgehead atoms. The molecule has 0 radical (unpaired) electrons. The number of hydrogen-bond acceptors (Lipinski definition) is 3. The second-order valence-electron chi connectivity index (χ2n) is 3.01. The van der Waals surface area contributed by atoms with Crippen LogP contribution in [0.15, 0.2) is 18.2 Å². The van der Waals surface area contributed by atoms with Crippen LogP contribution in [0.5, 0.6) is 0 Å². The van der Waals surface area contributed by atoms with Gasteiger partial charge in [0.05, 0.1) is 12.2 Å². The minimum Gasteiger partial charge on any atom is -0.466 e. The molecule has 0 saturated carbocycles. The molecule has 0 fully saturated rings. The number of ketones is 1. The van der Waals surface area contributed by atoms with Crippen LogP contribution in [-0.2, 0) is 9.53 Å². The summed E-state index contributed by atoms with van der Waals surface area (Å²) in [5, 5.41) is 0. The molecule has 0 aliphatic carbocycles. The molecular formula is C11H10F2O3. The van der Waals surface area contributed by atoms with E-state index in [1.807, 2.05) is 0 Å². The molecule has 1 rings (SSSR count). The maximum atomic E-state index is 13.1. The number of halogens is 2. The lowest BCUT2D eigenvalue weighted by molar-refractivity contribution is -0.141. The fourth-order valence-electron chi connectivity index (χ4n) is 1.16. The molecule has 0 aromatic heterocycles. The van der Waals surface area contributed by atoms with Crippen LogP contribution in [0.3, 0.4) is 0 Å². The van der Waals surface area contributed by atoms with Gasteiger partial charge in [0.15, 0.2) is 17.4 Å². The Morgan fingerprint density at radius 2 is 2.00 bits per heavy atom. The molecule has 1 aromatic rings. The molecule has 0 amide bonds. The van der Waals surface area contributed by atoms with E-state index in [4.69, 9.17) is 0 Å². The number of Topliss-reactive ketones (excluding diaryl/α,β-unsaturated/α-hetero) is 1. The van der Waals surface area contributed by atoms with E-state index in [0.29, 0.717) is 0 Å². The first-order valence-electron chi connectivity index (χ1n) is 4.69. The van der Waals surface area contributed by atoms with E-state index in [9.17, 15) is 18.4 Å². The number of carbonyl (C=O) groups excluding carboxylic acids is 2. The highest BCUT2D eigenvalue weighted by molar-refractivity contribution is 6.06. The number of esters is 1. The molecule has 0 N–H and O–H groups in total. The van der Waals surface area contributed by atoms with E-state index >= 15 is 0 Å². The second kappa shape index (κ2) is 5.34. The fourth-order valence-corrected chi connectivity index (χ4v) is 1.16.